The zero-order valence-corrected chi connectivity index (χ0v) is 18.2. The Morgan fingerprint density at radius 2 is 1.42 bits per heavy atom. The highest BCUT2D eigenvalue weighted by atomic mass is 127. The van der Waals surface area contributed by atoms with Gasteiger partial charge in [0.1, 0.15) is 6.54 Å². The Kier molecular flexibility index (Phi) is 14.0. The Bertz CT molecular complexity index is 379. The molecule has 1 rings (SSSR count). The highest BCUT2D eigenvalue weighted by Gasteiger charge is 2.25. The molecule has 0 saturated heterocycles. The Morgan fingerprint density at radius 3 is 1.92 bits per heavy atom. The SMILES string of the molecule is CCCCCCCCCCCCCC[N+]1(CC#CI)CC=CCC1. The minimum Gasteiger partial charge on any atom is -0.310 e. The average molecular weight is 444 g/mol. The van der Waals surface area contributed by atoms with Crippen molar-refractivity contribution in [3.8, 4) is 9.85 Å². The van der Waals surface area contributed by atoms with Crippen LogP contribution >= 0.6 is 22.6 Å². The van der Waals surface area contributed by atoms with E-state index >= 15 is 0 Å². The molecule has 138 valence electrons. The number of halogens is 1. The van der Waals surface area contributed by atoms with Crippen LogP contribution in [-0.2, 0) is 0 Å². The van der Waals surface area contributed by atoms with Gasteiger partial charge in [-0.1, -0.05) is 77.2 Å². The number of rotatable bonds is 14. The first-order valence-electron chi connectivity index (χ1n) is 10.4. The van der Waals surface area contributed by atoms with E-state index in [1.54, 1.807) is 0 Å². The van der Waals surface area contributed by atoms with Crippen molar-refractivity contribution in [2.45, 2.75) is 90.4 Å². The van der Waals surface area contributed by atoms with Crippen molar-refractivity contribution < 1.29 is 4.48 Å². The molecule has 0 fully saturated rings. The first-order chi connectivity index (χ1) is 11.8. The zero-order valence-electron chi connectivity index (χ0n) is 16.0. The molecular formula is C22H39IN+. The summed E-state index contributed by atoms with van der Waals surface area (Å²) >= 11 is 2.18. The summed E-state index contributed by atoms with van der Waals surface area (Å²) in [6.45, 7) is 7.16. The van der Waals surface area contributed by atoms with E-state index in [1.807, 2.05) is 0 Å². The van der Waals surface area contributed by atoms with Crippen molar-refractivity contribution in [3.05, 3.63) is 12.2 Å². The largest absolute Gasteiger partial charge is 0.310 e. The van der Waals surface area contributed by atoms with E-state index in [4.69, 9.17) is 0 Å². The van der Waals surface area contributed by atoms with Gasteiger partial charge < -0.3 is 4.48 Å². The molecule has 1 nitrogen and oxygen atoms in total. The lowest BCUT2D eigenvalue weighted by Gasteiger charge is -2.38. The Morgan fingerprint density at radius 1 is 0.833 bits per heavy atom. The van der Waals surface area contributed by atoms with Gasteiger partial charge in [-0.15, -0.1) is 0 Å². The second-order valence-electron chi connectivity index (χ2n) is 7.55. The van der Waals surface area contributed by atoms with Gasteiger partial charge in [-0.3, -0.25) is 0 Å². The molecule has 0 bridgehead atoms. The monoisotopic (exact) mass is 444 g/mol. The number of hydrogen-bond donors (Lipinski definition) is 0. The van der Waals surface area contributed by atoms with E-state index in [-0.39, 0.29) is 0 Å². The van der Waals surface area contributed by atoms with Gasteiger partial charge in [0.05, 0.1) is 19.6 Å². The maximum absolute atomic E-state index is 3.33. The van der Waals surface area contributed by atoms with E-state index < -0.39 is 0 Å². The zero-order chi connectivity index (χ0) is 17.3. The summed E-state index contributed by atoms with van der Waals surface area (Å²) in [5.74, 6) is 3.33. The van der Waals surface area contributed by atoms with Gasteiger partial charge in [-0.05, 0) is 28.8 Å². The van der Waals surface area contributed by atoms with Crippen LogP contribution in [0.25, 0.3) is 0 Å². The van der Waals surface area contributed by atoms with Crippen molar-refractivity contribution in [1.29, 1.82) is 0 Å². The van der Waals surface area contributed by atoms with Crippen molar-refractivity contribution >= 4 is 22.6 Å². The van der Waals surface area contributed by atoms with Crippen LogP contribution in [0, 0.1) is 9.85 Å². The average Bonchev–Trinajstić information content (AvgIpc) is 2.62. The van der Waals surface area contributed by atoms with Crippen LogP contribution in [-0.4, -0.2) is 30.7 Å². The maximum Gasteiger partial charge on any atom is 0.142 e. The molecule has 0 amide bonds. The Hall–Kier alpha value is -0.0100. The van der Waals surface area contributed by atoms with Gasteiger partial charge in [-0.25, -0.2) is 0 Å². The fraction of sp³-hybridized carbons (Fsp3) is 0.818. The van der Waals surface area contributed by atoms with Crippen molar-refractivity contribution in [3.63, 3.8) is 0 Å². The summed E-state index contributed by atoms with van der Waals surface area (Å²) in [6.07, 6.45) is 23.2. The number of unbranched alkanes of at least 4 members (excludes halogenated alkanes) is 11. The van der Waals surface area contributed by atoms with Gasteiger partial charge in [-0.2, -0.15) is 0 Å². The minimum atomic E-state index is 1.05. The summed E-state index contributed by atoms with van der Waals surface area (Å²) in [5, 5.41) is 0. The fourth-order valence-corrected chi connectivity index (χ4v) is 3.94. The van der Waals surface area contributed by atoms with Gasteiger partial charge in [0, 0.05) is 29.0 Å². The van der Waals surface area contributed by atoms with Crippen LogP contribution in [0.2, 0.25) is 0 Å². The number of hydrogen-bond acceptors (Lipinski definition) is 0. The van der Waals surface area contributed by atoms with E-state index in [0.717, 1.165) is 6.54 Å². The first-order valence-corrected chi connectivity index (χ1v) is 11.5. The smallest absolute Gasteiger partial charge is 0.142 e. The maximum atomic E-state index is 3.33. The summed E-state index contributed by atoms with van der Waals surface area (Å²) in [4.78, 5) is 0. The molecule has 24 heavy (non-hydrogen) atoms. The molecule has 0 aliphatic carbocycles. The second-order valence-corrected chi connectivity index (χ2v) is 8.09. The Balaban J connectivity index is 1.98. The lowest BCUT2D eigenvalue weighted by molar-refractivity contribution is -0.917. The Labute approximate surface area is 165 Å². The van der Waals surface area contributed by atoms with Gasteiger partial charge in [0.15, 0.2) is 0 Å². The van der Waals surface area contributed by atoms with Crippen molar-refractivity contribution in [1.82, 2.24) is 0 Å². The van der Waals surface area contributed by atoms with Gasteiger partial charge >= 0.3 is 0 Å². The molecule has 1 aliphatic heterocycles. The minimum absolute atomic E-state index is 1.05. The highest BCUT2D eigenvalue weighted by Crippen LogP contribution is 2.17. The highest BCUT2D eigenvalue weighted by molar-refractivity contribution is 14.1. The number of nitrogens with zero attached hydrogens (tertiary/aromatic N) is 1. The van der Waals surface area contributed by atoms with Crippen LogP contribution in [0.1, 0.15) is 90.4 Å². The van der Waals surface area contributed by atoms with E-state index in [2.05, 4.69) is 51.5 Å². The molecule has 1 heterocycles. The van der Waals surface area contributed by atoms with E-state index in [9.17, 15) is 0 Å². The topological polar surface area (TPSA) is 0 Å². The van der Waals surface area contributed by atoms with Gasteiger partial charge in [0.25, 0.3) is 0 Å². The quantitative estimate of drug-likeness (QED) is 0.0903. The molecule has 0 aromatic carbocycles. The van der Waals surface area contributed by atoms with Crippen LogP contribution in [0.15, 0.2) is 12.2 Å². The van der Waals surface area contributed by atoms with Crippen LogP contribution in [0.5, 0.6) is 0 Å². The number of quaternary nitrogens is 1. The molecule has 0 aromatic heterocycles. The molecular weight excluding hydrogens is 405 g/mol. The van der Waals surface area contributed by atoms with Gasteiger partial charge in [0.2, 0.25) is 0 Å². The van der Waals surface area contributed by atoms with Crippen LogP contribution < -0.4 is 0 Å². The molecule has 2 heteroatoms. The van der Waals surface area contributed by atoms with Crippen molar-refractivity contribution in [2.75, 3.05) is 26.2 Å². The third kappa shape index (κ3) is 10.8. The van der Waals surface area contributed by atoms with E-state index in [1.165, 1.54) is 108 Å². The molecule has 0 saturated carbocycles. The lowest BCUT2D eigenvalue weighted by Crippen LogP contribution is -2.51. The standard InChI is InChI=1S/C22H39IN/c1-2-3-4-5-6-7-8-9-10-11-12-14-19-24(22-17-18-23)20-15-13-16-21-24/h13,15H,2-12,14,16,19-22H2,1H3/q+1. The first kappa shape index (κ1) is 22.0. The van der Waals surface area contributed by atoms with Crippen LogP contribution in [0.4, 0.5) is 0 Å². The summed E-state index contributed by atoms with van der Waals surface area (Å²) in [6, 6.07) is 0. The molecule has 0 spiro atoms. The lowest BCUT2D eigenvalue weighted by atomic mass is 10.0. The fourth-order valence-electron chi connectivity index (χ4n) is 3.77. The normalized spacial score (nSPS) is 19.9. The third-order valence-electron chi connectivity index (χ3n) is 5.40. The van der Waals surface area contributed by atoms with Crippen LogP contribution in [0.3, 0.4) is 0 Å². The van der Waals surface area contributed by atoms with E-state index in [0.29, 0.717) is 0 Å². The summed E-state index contributed by atoms with van der Waals surface area (Å²) in [7, 11) is 0. The molecule has 0 radical (unpaired) electrons. The predicted octanol–water partition coefficient (Wildman–Crippen LogP) is 6.86. The molecule has 1 aliphatic rings. The van der Waals surface area contributed by atoms with Crippen molar-refractivity contribution in [2.24, 2.45) is 0 Å². The third-order valence-corrected chi connectivity index (χ3v) is 5.78. The molecule has 0 N–H and O–H groups in total. The summed E-state index contributed by atoms with van der Waals surface area (Å²) in [5.41, 5.74) is 0. The molecule has 0 aromatic rings. The summed E-state index contributed by atoms with van der Waals surface area (Å²) < 4.78 is 4.28. The molecule has 1 unspecified atom stereocenters. The molecule has 1 atom stereocenters. The predicted molar refractivity (Wildman–Crippen MR) is 116 cm³/mol. The second kappa shape index (κ2) is 15.3.